The number of fused-ring (bicyclic) bond motifs is 1. The van der Waals surface area contributed by atoms with Crippen molar-refractivity contribution >= 4 is 34.3 Å². The molecule has 30 heavy (non-hydrogen) atoms. The quantitative estimate of drug-likeness (QED) is 0.634. The van der Waals surface area contributed by atoms with Gasteiger partial charge in [-0.15, -0.1) is 0 Å². The molecule has 1 spiro atoms. The highest BCUT2D eigenvalue weighted by atomic mass is 35.5. The van der Waals surface area contributed by atoms with E-state index < -0.39 is 5.60 Å². The Morgan fingerprint density at radius 1 is 1.10 bits per heavy atom. The number of anilines is 1. The monoisotopic (exact) mass is 423 g/mol. The Morgan fingerprint density at radius 3 is 2.90 bits per heavy atom. The van der Waals surface area contributed by atoms with E-state index in [1.165, 1.54) is 5.56 Å². The van der Waals surface area contributed by atoms with Crippen LogP contribution in [0.2, 0.25) is 5.02 Å². The molecule has 1 amide bonds. The third-order valence-corrected chi connectivity index (χ3v) is 5.89. The van der Waals surface area contributed by atoms with E-state index in [1.54, 1.807) is 17.0 Å². The molecule has 0 unspecified atom stereocenters. The summed E-state index contributed by atoms with van der Waals surface area (Å²) in [7, 11) is 0. The van der Waals surface area contributed by atoms with E-state index in [9.17, 15) is 4.79 Å². The summed E-state index contributed by atoms with van der Waals surface area (Å²) in [4.78, 5) is 21.1. The Bertz CT molecular complexity index is 1090. The normalized spacial score (nSPS) is 22.4. The Morgan fingerprint density at radius 2 is 2.00 bits per heavy atom. The minimum atomic E-state index is -0.710. The number of para-hydroxylation sites is 1. The summed E-state index contributed by atoms with van der Waals surface area (Å²) < 4.78 is 11.8. The molecule has 2 aromatic carbocycles. The molecule has 0 saturated carbocycles. The zero-order valence-electron chi connectivity index (χ0n) is 16.5. The van der Waals surface area contributed by atoms with Crippen molar-refractivity contribution in [2.45, 2.75) is 12.1 Å². The number of halogens is 1. The first-order valence-corrected chi connectivity index (χ1v) is 10.4. The molecular weight excluding hydrogens is 402 g/mol. The number of rotatable bonds is 3. The molecule has 1 atom stereocenters. The van der Waals surface area contributed by atoms with E-state index in [1.807, 2.05) is 36.5 Å². The third kappa shape index (κ3) is 3.74. The summed E-state index contributed by atoms with van der Waals surface area (Å²) in [5.41, 5.74) is 2.21. The van der Waals surface area contributed by atoms with Crippen LogP contribution < -0.4 is 4.90 Å². The molecule has 0 radical (unpaired) electrons. The largest absolute Gasteiger partial charge is 0.437 e. The van der Waals surface area contributed by atoms with Gasteiger partial charge < -0.3 is 9.47 Å². The van der Waals surface area contributed by atoms with Crippen LogP contribution in [0.3, 0.4) is 0 Å². The molecule has 2 fully saturated rings. The van der Waals surface area contributed by atoms with E-state index in [0.29, 0.717) is 31.3 Å². The maximum Gasteiger partial charge on any atom is 0.415 e. The lowest BCUT2D eigenvalue weighted by atomic mass is 10.0. The second kappa shape index (κ2) is 7.87. The van der Waals surface area contributed by atoms with E-state index in [2.05, 4.69) is 22.0 Å². The van der Waals surface area contributed by atoms with Crippen molar-refractivity contribution in [2.75, 3.05) is 37.7 Å². The Balaban J connectivity index is 1.39. The smallest absolute Gasteiger partial charge is 0.415 e. The van der Waals surface area contributed by atoms with E-state index >= 15 is 0 Å². The summed E-state index contributed by atoms with van der Waals surface area (Å²) in [6, 6.07) is 17.5. The van der Waals surface area contributed by atoms with Crippen LogP contribution in [0.1, 0.15) is 5.56 Å². The topological polar surface area (TPSA) is 54.9 Å². The molecule has 7 heteroatoms. The fourth-order valence-corrected chi connectivity index (χ4v) is 4.46. The maximum absolute atomic E-state index is 12.7. The molecular formula is C23H22ClN3O3. The lowest BCUT2D eigenvalue weighted by Crippen LogP contribution is -2.47. The predicted octanol–water partition coefficient (Wildman–Crippen LogP) is 4.12. The van der Waals surface area contributed by atoms with Crippen molar-refractivity contribution in [3.63, 3.8) is 0 Å². The number of pyridine rings is 1. The van der Waals surface area contributed by atoms with E-state index in [4.69, 9.17) is 21.1 Å². The van der Waals surface area contributed by atoms with Crippen LogP contribution in [0, 0.1) is 0 Å². The highest BCUT2D eigenvalue weighted by molar-refractivity contribution is 6.30. The average Bonchev–Trinajstić information content (AvgIpc) is 2.94. The lowest BCUT2D eigenvalue weighted by molar-refractivity contribution is -0.0154. The van der Waals surface area contributed by atoms with Gasteiger partial charge in [0.25, 0.3) is 0 Å². The molecule has 2 aliphatic heterocycles. The molecule has 3 heterocycles. The number of hydrogen-bond donors (Lipinski definition) is 0. The van der Waals surface area contributed by atoms with Crippen LogP contribution in [-0.2, 0) is 16.0 Å². The number of ether oxygens (including phenoxy) is 2. The molecule has 0 bridgehead atoms. The molecule has 6 nitrogen and oxygen atoms in total. The number of benzene rings is 2. The fourth-order valence-electron chi connectivity index (χ4n) is 4.28. The number of aromatic nitrogens is 1. The minimum Gasteiger partial charge on any atom is -0.437 e. The zero-order chi connectivity index (χ0) is 20.6. The van der Waals surface area contributed by atoms with Crippen molar-refractivity contribution in [2.24, 2.45) is 0 Å². The van der Waals surface area contributed by atoms with Crippen molar-refractivity contribution < 1.29 is 14.3 Å². The van der Waals surface area contributed by atoms with Gasteiger partial charge >= 0.3 is 6.09 Å². The van der Waals surface area contributed by atoms with Crippen LogP contribution in [-0.4, -0.2) is 54.4 Å². The standard InChI is InChI=1S/C23H22ClN3O3/c24-18-4-3-5-19(12-18)27-15-23(30-22(27)28)14-26(10-11-29-16-23)13-17-8-9-25-21-7-2-1-6-20(17)21/h1-9,12H,10-11,13-16H2/t23-/m1/s1. The number of amides is 1. The number of nitrogens with zero attached hydrogens (tertiary/aromatic N) is 3. The first-order chi connectivity index (χ1) is 14.6. The van der Waals surface area contributed by atoms with Gasteiger partial charge in [0, 0.05) is 41.9 Å². The zero-order valence-corrected chi connectivity index (χ0v) is 17.2. The number of carbonyl (C=O) groups is 1. The van der Waals surface area contributed by atoms with Gasteiger partial charge in [-0.3, -0.25) is 14.8 Å². The molecule has 2 saturated heterocycles. The van der Waals surface area contributed by atoms with E-state index in [-0.39, 0.29) is 6.09 Å². The predicted molar refractivity (Wildman–Crippen MR) is 116 cm³/mol. The maximum atomic E-state index is 12.7. The number of carbonyl (C=O) groups excluding carboxylic acids is 1. The first-order valence-electron chi connectivity index (χ1n) is 10.0. The van der Waals surface area contributed by atoms with Crippen molar-refractivity contribution in [1.82, 2.24) is 9.88 Å². The van der Waals surface area contributed by atoms with Gasteiger partial charge in [0.05, 0.1) is 25.3 Å². The Hall–Kier alpha value is -2.67. The molecule has 1 aromatic heterocycles. The molecule has 2 aliphatic rings. The van der Waals surface area contributed by atoms with Gasteiger partial charge in [0.2, 0.25) is 0 Å². The third-order valence-electron chi connectivity index (χ3n) is 5.65. The molecule has 3 aromatic rings. The van der Waals surface area contributed by atoms with E-state index in [0.717, 1.165) is 29.7 Å². The van der Waals surface area contributed by atoms with Crippen molar-refractivity contribution in [3.05, 3.63) is 71.4 Å². The van der Waals surface area contributed by atoms with Gasteiger partial charge in [-0.05, 0) is 35.9 Å². The Kier molecular flexibility index (Phi) is 5.06. The molecule has 154 valence electrons. The fraction of sp³-hybridized carbons (Fsp3) is 0.304. The van der Waals surface area contributed by atoms with Crippen molar-refractivity contribution in [1.29, 1.82) is 0 Å². The second-order valence-corrected chi connectivity index (χ2v) is 8.30. The summed E-state index contributed by atoms with van der Waals surface area (Å²) in [5.74, 6) is 0. The van der Waals surface area contributed by atoms with Gasteiger partial charge in [-0.1, -0.05) is 35.9 Å². The van der Waals surface area contributed by atoms with Crippen LogP contribution in [0.5, 0.6) is 0 Å². The summed E-state index contributed by atoms with van der Waals surface area (Å²) in [6.45, 7) is 3.52. The highest BCUT2D eigenvalue weighted by Gasteiger charge is 2.48. The summed E-state index contributed by atoms with van der Waals surface area (Å²) in [6.07, 6.45) is 1.48. The van der Waals surface area contributed by atoms with Gasteiger partial charge in [0.15, 0.2) is 5.60 Å². The molecule has 5 rings (SSSR count). The van der Waals surface area contributed by atoms with Crippen molar-refractivity contribution in [3.8, 4) is 0 Å². The average molecular weight is 424 g/mol. The van der Waals surface area contributed by atoms with Gasteiger partial charge in [0.1, 0.15) is 0 Å². The first kappa shape index (κ1) is 19.3. The lowest BCUT2D eigenvalue weighted by Gasteiger charge is -2.30. The molecule has 0 N–H and O–H groups in total. The second-order valence-electron chi connectivity index (χ2n) is 7.87. The summed E-state index contributed by atoms with van der Waals surface area (Å²) >= 11 is 6.12. The highest BCUT2D eigenvalue weighted by Crippen LogP contribution is 2.32. The minimum absolute atomic E-state index is 0.364. The number of hydrogen-bond acceptors (Lipinski definition) is 5. The van der Waals surface area contributed by atoms with Gasteiger partial charge in [-0.2, -0.15) is 0 Å². The summed E-state index contributed by atoms with van der Waals surface area (Å²) in [5, 5.41) is 1.73. The SMILES string of the molecule is O=C1O[C@@]2(COCCN(Cc3ccnc4ccccc34)C2)CN1c1cccc(Cl)c1. The van der Waals surface area contributed by atoms with Crippen LogP contribution in [0.25, 0.3) is 10.9 Å². The Labute approximate surface area is 180 Å². The molecule has 0 aliphatic carbocycles. The van der Waals surface area contributed by atoms with Gasteiger partial charge in [-0.25, -0.2) is 4.79 Å². The van der Waals surface area contributed by atoms with Crippen LogP contribution >= 0.6 is 11.6 Å². The van der Waals surface area contributed by atoms with Crippen LogP contribution in [0.15, 0.2) is 60.8 Å². The van der Waals surface area contributed by atoms with Crippen LogP contribution in [0.4, 0.5) is 10.5 Å².